The smallest absolute Gasteiger partial charge is 0.220 e. The van der Waals surface area contributed by atoms with E-state index in [4.69, 9.17) is 9.47 Å². The van der Waals surface area contributed by atoms with E-state index in [-0.39, 0.29) is 12.5 Å². The van der Waals surface area contributed by atoms with Crippen molar-refractivity contribution in [1.82, 2.24) is 5.32 Å². The first-order chi connectivity index (χ1) is 37.3. The quantitative estimate of drug-likeness (QED) is 0.0261. The number of carbonyl (C=O) groups is 1. The topological polar surface area (TPSA) is 149 Å². The van der Waals surface area contributed by atoms with Gasteiger partial charge in [0.15, 0.2) is 6.29 Å². The van der Waals surface area contributed by atoms with E-state index in [2.05, 4.69) is 67.8 Å². The summed E-state index contributed by atoms with van der Waals surface area (Å²) >= 11 is 0. The minimum absolute atomic E-state index is 0.188. The maximum absolute atomic E-state index is 13.1. The molecule has 6 N–H and O–H groups in total. The molecule has 1 aliphatic heterocycles. The highest BCUT2D eigenvalue weighted by molar-refractivity contribution is 5.76. The molecule has 7 unspecified atom stereocenters. The monoisotopic (exact) mass is 1070 g/mol. The lowest BCUT2D eigenvalue weighted by atomic mass is 9.99. The molecule has 0 aliphatic carbocycles. The number of allylic oxidation sites excluding steroid dienone is 9. The van der Waals surface area contributed by atoms with Crippen LogP contribution in [0.3, 0.4) is 0 Å². The number of hydrogen-bond donors (Lipinski definition) is 6. The van der Waals surface area contributed by atoms with Gasteiger partial charge >= 0.3 is 0 Å². The minimum atomic E-state index is -1.58. The molecule has 1 saturated heterocycles. The molecular weight excluding hydrogens is 947 g/mol. The summed E-state index contributed by atoms with van der Waals surface area (Å²) in [6, 6.07) is -0.830. The minimum Gasteiger partial charge on any atom is -0.394 e. The Morgan fingerprint density at radius 2 is 0.789 bits per heavy atom. The molecule has 0 saturated carbocycles. The Morgan fingerprint density at radius 1 is 0.447 bits per heavy atom. The molecule has 0 radical (unpaired) electrons. The summed E-state index contributed by atoms with van der Waals surface area (Å²) in [6.07, 6.45) is 70.3. The van der Waals surface area contributed by atoms with Gasteiger partial charge in [0, 0.05) is 6.42 Å². The molecule has 9 nitrogen and oxygen atoms in total. The van der Waals surface area contributed by atoms with Crippen LogP contribution in [0.4, 0.5) is 0 Å². The van der Waals surface area contributed by atoms with E-state index in [0.717, 1.165) is 51.4 Å². The number of carbonyl (C=O) groups excluding carboxylic acids is 1. The summed E-state index contributed by atoms with van der Waals surface area (Å²) in [5.41, 5.74) is 0. The zero-order valence-electron chi connectivity index (χ0n) is 49.5. The maximum atomic E-state index is 13.1. The molecule has 0 aromatic carbocycles. The number of rotatable bonds is 56. The van der Waals surface area contributed by atoms with Gasteiger partial charge in [-0.2, -0.15) is 0 Å². The number of ether oxygens (including phenoxy) is 2. The summed E-state index contributed by atoms with van der Waals surface area (Å²) in [5, 5.41) is 54.6. The van der Waals surface area contributed by atoms with Crippen molar-refractivity contribution in [2.75, 3.05) is 13.2 Å². The molecule has 0 spiro atoms. The highest BCUT2D eigenvalue weighted by Crippen LogP contribution is 2.23. The van der Waals surface area contributed by atoms with Gasteiger partial charge < -0.3 is 40.3 Å². The molecule has 444 valence electrons. The second kappa shape index (κ2) is 56.2. The number of aliphatic hydroxyl groups is 5. The van der Waals surface area contributed by atoms with Gasteiger partial charge in [-0.3, -0.25) is 4.79 Å². The summed E-state index contributed by atoms with van der Waals surface area (Å²) in [6.45, 7) is 3.78. The third-order valence-corrected chi connectivity index (χ3v) is 15.3. The molecule has 7 atom stereocenters. The molecule has 1 heterocycles. The van der Waals surface area contributed by atoms with Gasteiger partial charge in [0.05, 0.1) is 25.4 Å². The first-order valence-electron chi connectivity index (χ1n) is 32.5. The molecule has 1 fully saturated rings. The average Bonchev–Trinajstić information content (AvgIpc) is 3.42. The van der Waals surface area contributed by atoms with Crippen LogP contribution in [0.2, 0.25) is 0 Å². The maximum Gasteiger partial charge on any atom is 0.220 e. The van der Waals surface area contributed by atoms with Gasteiger partial charge in [0.25, 0.3) is 0 Å². The standard InChI is InChI=1S/C67H123NO8/c1-3-5-7-9-11-13-15-17-19-21-23-25-26-27-28-29-30-31-32-33-34-35-36-37-39-41-43-45-47-49-51-53-55-57-63(71)68-60(59-75-67-66(74)65(73)64(72)62(58-69)76-67)61(70)56-54-52-50-48-46-44-42-40-38-24-22-20-18-16-14-12-10-8-6-4-2/h23,25,27-28,38,40,46,48,54,56,60-62,64-67,69-70,72-74H,3-22,24,26,29-37,39,41-45,47,49-53,55,57-59H2,1-2H3,(H,68,71)/b25-23-,28-27-,40-38+,48-46+,56-54+. The number of unbranched alkanes of at least 4 members (excludes halogenated alkanes) is 38. The second-order valence-corrected chi connectivity index (χ2v) is 22.5. The molecule has 9 heteroatoms. The third kappa shape index (κ3) is 44.7. The number of hydrogen-bond acceptors (Lipinski definition) is 8. The van der Waals surface area contributed by atoms with E-state index in [0.29, 0.717) is 6.42 Å². The van der Waals surface area contributed by atoms with Crippen LogP contribution in [0.25, 0.3) is 0 Å². The fraction of sp³-hybridized carbons (Fsp3) is 0.836. The lowest BCUT2D eigenvalue weighted by molar-refractivity contribution is -0.302. The van der Waals surface area contributed by atoms with E-state index in [1.54, 1.807) is 6.08 Å². The Bertz CT molecular complexity index is 1380. The van der Waals surface area contributed by atoms with Crippen LogP contribution in [0.5, 0.6) is 0 Å². The molecule has 1 rings (SSSR count). The summed E-state index contributed by atoms with van der Waals surface area (Å²) in [7, 11) is 0. The molecule has 76 heavy (non-hydrogen) atoms. The third-order valence-electron chi connectivity index (χ3n) is 15.3. The zero-order valence-corrected chi connectivity index (χ0v) is 49.5. The van der Waals surface area contributed by atoms with Gasteiger partial charge in [-0.1, -0.05) is 280 Å². The van der Waals surface area contributed by atoms with Crippen LogP contribution < -0.4 is 5.32 Å². The molecule has 1 aliphatic rings. The van der Waals surface area contributed by atoms with E-state index < -0.39 is 49.5 Å². The predicted octanol–water partition coefficient (Wildman–Crippen LogP) is 17.0. The molecule has 1 amide bonds. The van der Waals surface area contributed by atoms with Crippen molar-refractivity contribution in [1.29, 1.82) is 0 Å². The lowest BCUT2D eigenvalue weighted by Gasteiger charge is -2.40. The van der Waals surface area contributed by atoms with Crippen molar-refractivity contribution in [3.8, 4) is 0 Å². The Balaban J connectivity index is 2.16. The fourth-order valence-electron chi connectivity index (χ4n) is 10.2. The fourth-order valence-corrected chi connectivity index (χ4v) is 10.2. The van der Waals surface area contributed by atoms with E-state index in [1.807, 2.05) is 6.08 Å². The predicted molar refractivity (Wildman–Crippen MR) is 322 cm³/mol. The number of nitrogens with one attached hydrogen (secondary N) is 1. The van der Waals surface area contributed by atoms with Crippen LogP contribution in [-0.2, 0) is 14.3 Å². The molecule has 0 aromatic rings. The van der Waals surface area contributed by atoms with Crippen molar-refractivity contribution >= 4 is 5.91 Å². The Kier molecular flexibility index (Phi) is 53.1. The van der Waals surface area contributed by atoms with Gasteiger partial charge in [-0.05, 0) is 77.0 Å². The van der Waals surface area contributed by atoms with E-state index in [9.17, 15) is 30.3 Å². The Labute approximate surface area is 468 Å². The summed E-state index contributed by atoms with van der Waals surface area (Å²) in [4.78, 5) is 13.1. The van der Waals surface area contributed by atoms with E-state index >= 15 is 0 Å². The van der Waals surface area contributed by atoms with Crippen molar-refractivity contribution in [3.63, 3.8) is 0 Å². The Hall–Kier alpha value is -2.11. The van der Waals surface area contributed by atoms with Crippen LogP contribution >= 0.6 is 0 Å². The van der Waals surface area contributed by atoms with Crippen molar-refractivity contribution in [2.45, 2.75) is 346 Å². The summed E-state index contributed by atoms with van der Waals surface area (Å²) < 4.78 is 11.3. The van der Waals surface area contributed by atoms with E-state index in [1.165, 1.54) is 231 Å². The SMILES string of the molecule is CCCCCCCCCCC/C=C\C/C=C\CCCCCCCCCCCCCCCCCCCC(=O)NC(COC1OC(CO)C(O)C(O)C1O)C(O)/C=C/CC/C=C/CC/C=C/CCCCCCCCCCCC. The highest BCUT2D eigenvalue weighted by atomic mass is 16.7. The first kappa shape index (κ1) is 71.9. The first-order valence-corrected chi connectivity index (χ1v) is 32.5. The molecule has 0 bridgehead atoms. The van der Waals surface area contributed by atoms with Crippen LogP contribution in [0, 0.1) is 0 Å². The van der Waals surface area contributed by atoms with Gasteiger partial charge in [-0.25, -0.2) is 0 Å². The van der Waals surface area contributed by atoms with Gasteiger partial charge in [-0.15, -0.1) is 0 Å². The van der Waals surface area contributed by atoms with Crippen molar-refractivity contribution in [3.05, 3.63) is 60.8 Å². The van der Waals surface area contributed by atoms with Crippen LogP contribution in [-0.4, -0.2) is 87.5 Å². The van der Waals surface area contributed by atoms with Crippen LogP contribution in [0.1, 0.15) is 303 Å². The highest BCUT2D eigenvalue weighted by Gasteiger charge is 2.44. The van der Waals surface area contributed by atoms with Crippen molar-refractivity contribution in [2.24, 2.45) is 0 Å². The zero-order chi connectivity index (χ0) is 55.0. The molecule has 0 aromatic heterocycles. The largest absolute Gasteiger partial charge is 0.394 e. The lowest BCUT2D eigenvalue weighted by Crippen LogP contribution is -2.60. The molecular formula is C67H123NO8. The van der Waals surface area contributed by atoms with Gasteiger partial charge in [0.1, 0.15) is 24.4 Å². The second-order valence-electron chi connectivity index (χ2n) is 22.5. The van der Waals surface area contributed by atoms with Crippen LogP contribution in [0.15, 0.2) is 60.8 Å². The Morgan fingerprint density at radius 3 is 1.18 bits per heavy atom. The van der Waals surface area contributed by atoms with Crippen molar-refractivity contribution < 1.29 is 39.8 Å². The number of aliphatic hydroxyl groups excluding tert-OH is 5. The average molecular weight is 1070 g/mol. The van der Waals surface area contributed by atoms with Gasteiger partial charge in [0.2, 0.25) is 5.91 Å². The number of amides is 1. The summed E-state index contributed by atoms with van der Waals surface area (Å²) in [5.74, 6) is -0.188. The normalized spacial score (nSPS) is 19.2.